The first-order chi connectivity index (χ1) is 25.7. The molecule has 2 heterocycles. The monoisotopic (exact) mass is 759 g/mol. The van der Waals surface area contributed by atoms with E-state index in [0.717, 1.165) is 36.8 Å². The number of nitrogens with zero attached hydrogens (tertiary/aromatic N) is 2. The fraction of sp³-hybridized carbons (Fsp3) is 0.571. The second-order valence-electron chi connectivity index (χ2n) is 16.9. The minimum atomic E-state index is -1.10. The van der Waals surface area contributed by atoms with Crippen molar-refractivity contribution >= 4 is 46.7 Å². The summed E-state index contributed by atoms with van der Waals surface area (Å²) < 4.78 is 0. The van der Waals surface area contributed by atoms with Crippen molar-refractivity contribution in [1.82, 2.24) is 20.9 Å². The molecule has 2 saturated carbocycles. The van der Waals surface area contributed by atoms with Crippen molar-refractivity contribution in [3.05, 3.63) is 70.7 Å². The lowest BCUT2D eigenvalue weighted by Crippen LogP contribution is -2.59. The average Bonchev–Trinajstić information content (AvgIpc) is 3.65. The van der Waals surface area contributed by atoms with Crippen LogP contribution >= 0.6 is 11.6 Å². The SMILES string of the molecule is CCC[C@H](NC(=O)[C@@H]1C[C@]2(CC(c3cccc(Cl)c3)=NO2)CN1C(=O)[C@@H](NC(=O)CC1CCCCC1)C(C)(C)C)C(=O)C(=O)NC1(c2ccccc2)CC1. The summed E-state index contributed by atoms with van der Waals surface area (Å²) in [6.07, 6.45) is 8.33. The second kappa shape index (κ2) is 16.2. The third kappa shape index (κ3) is 8.99. The van der Waals surface area contributed by atoms with E-state index < -0.39 is 58.2 Å². The predicted molar refractivity (Wildman–Crippen MR) is 206 cm³/mol. The molecule has 290 valence electrons. The smallest absolute Gasteiger partial charge is 0.290 e. The highest BCUT2D eigenvalue weighted by Crippen LogP contribution is 2.45. The highest BCUT2D eigenvalue weighted by molar-refractivity contribution is 6.38. The molecule has 1 saturated heterocycles. The highest BCUT2D eigenvalue weighted by atomic mass is 35.5. The second-order valence-corrected chi connectivity index (χ2v) is 17.3. The van der Waals surface area contributed by atoms with E-state index in [2.05, 4.69) is 21.1 Å². The maximum Gasteiger partial charge on any atom is 0.290 e. The number of halogens is 1. The zero-order valence-corrected chi connectivity index (χ0v) is 32.7. The van der Waals surface area contributed by atoms with Crippen molar-refractivity contribution in [2.24, 2.45) is 16.5 Å². The van der Waals surface area contributed by atoms with Crippen LogP contribution in [0.2, 0.25) is 5.02 Å². The molecule has 4 amide bonds. The maximum atomic E-state index is 14.7. The third-order valence-electron chi connectivity index (χ3n) is 11.5. The molecule has 11 nitrogen and oxygen atoms in total. The van der Waals surface area contributed by atoms with Crippen molar-refractivity contribution in [2.45, 2.75) is 134 Å². The molecule has 2 aromatic rings. The summed E-state index contributed by atoms with van der Waals surface area (Å²) in [5, 5.41) is 13.8. The summed E-state index contributed by atoms with van der Waals surface area (Å²) in [6.45, 7) is 7.58. The Morgan fingerprint density at radius 3 is 2.35 bits per heavy atom. The van der Waals surface area contributed by atoms with E-state index >= 15 is 0 Å². The number of hydrogen-bond donors (Lipinski definition) is 3. The fourth-order valence-corrected chi connectivity index (χ4v) is 8.46. The number of Topliss-reactive ketones (excluding diaryl/α,β-unsaturated/α-hetero) is 1. The zero-order valence-electron chi connectivity index (χ0n) is 31.9. The molecule has 2 aliphatic carbocycles. The van der Waals surface area contributed by atoms with E-state index in [-0.39, 0.29) is 31.2 Å². The van der Waals surface area contributed by atoms with Crippen LogP contribution in [0, 0.1) is 11.3 Å². The Hall–Kier alpha value is -4.25. The molecule has 0 unspecified atom stereocenters. The van der Waals surface area contributed by atoms with Crippen LogP contribution in [0.1, 0.15) is 116 Å². The van der Waals surface area contributed by atoms with Gasteiger partial charge in [0.1, 0.15) is 12.1 Å². The van der Waals surface area contributed by atoms with E-state index in [1.165, 1.54) is 11.3 Å². The molecule has 6 rings (SSSR count). The molecule has 0 bridgehead atoms. The number of carbonyl (C=O) groups is 5. The van der Waals surface area contributed by atoms with Gasteiger partial charge in [0.15, 0.2) is 5.60 Å². The first-order valence-corrected chi connectivity index (χ1v) is 19.9. The van der Waals surface area contributed by atoms with Gasteiger partial charge in [-0.1, -0.05) is 113 Å². The van der Waals surface area contributed by atoms with E-state index in [9.17, 15) is 24.0 Å². The number of carbonyl (C=O) groups excluding carboxylic acids is 5. The van der Waals surface area contributed by atoms with Gasteiger partial charge in [-0.25, -0.2) is 0 Å². The highest BCUT2D eigenvalue weighted by Gasteiger charge is 2.56. The Balaban J connectivity index is 1.22. The van der Waals surface area contributed by atoms with Crippen molar-refractivity contribution in [3.8, 4) is 0 Å². The molecule has 2 aliphatic heterocycles. The van der Waals surface area contributed by atoms with Gasteiger partial charge in [0.2, 0.25) is 23.5 Å². The van der Waals surface area contributed by atoms with Gasteiger partial charge in [-0.2, -0.15) is 0 Å². The molecule has 54 heavy (non-hydrogen) atoms. The minimum Gasteiger partial charge on any atom is -0.387 e. The van der Waals surface area contributed by atoms with Crippen LogP contribution in [0.4, 0.5) is 0 Å². The molecule has 4 aliphatic rings. The number of hydrogen-bond acceptors (Lipinski definition) is 7. The van der Waals surface area contributed by atoms with Crippen LogP contribution in [-0.4, -0.2) is 70.3 Å². The summed E-state index contributed by atoms with van der Waals surface area (Å²) >= 11 is 6.28. The van der Waals surface area contributed by atoms with Crippen molar-refractivity contribution in [3.63, 3.8) is 0 Å². The van der Waals surface area contributed by atoms with Crippen LogP contribution in [-0.2, 0) is 34.3 Å². The molecule has 3 fully saturated rings. The molecule has 3 N–H and O–H groups in total. The minimum absolute atomic E-state index is 0.0367. The summed E-state index contributed by atoms with van der Waals surface area (Å²) in [7, 11) is 0. The van der Waals surface area contributed by atoms with Crippen LogP contribution in [0.25, 0.3) is 0 Å². The van der Waals surface area contributed by atoms with Crippen LogP contribution in [0.3, 0.4) is 0 Å². The number of amides is 4. The molecule has 0 aromatic heterocycles. The van der Waals surface area contributed by atoms with E-state index in [1.807, 2.05) is 70.2 Å². The number of rotatable bonds is 13. The number of benzene rings is 2. The van der Waals surface area contributed by atoms with E-state index in [0.29, 0.717) is 42.8 Å². The molecule has 2 aromatic carbocycles. The topological polar surface area (TPSA) is 146 Å². The normalized spacial score (nSPS) is 23.2. The Kier molecular flexibility index (Phi) is 11.9. The van der Waals surface area contributed by atoms with Crippen molar-refractivity contribution in [1.29, 1.82) is 0 Å². The van der Waals surface area contributed by atoms with Crippen molar-refractivity contribution in [2.75, 3.05) is 6.54 Å². The molecular weight excluding hydrogens is 706 g/mol. The van der Waals surface area contributed by atoms with Crippen molar-refractivity contribution < 1.29 is 28.8 Å². The Morgan fingerprint density at radius 1 is 0.981 bits per heavy atom. The molecule has 1 spiro atoms. The van der Waals surface area contributed by atoms with Gasteiger partial charge in [-0.3, -0.25) is 24.0 Å². The number of oxime groups is 1. The molecular formula is C42H54ClN5O6. The first kappa shape index (κ1) is 39.4. The predicted octanol–water partition coefficient (Wildman–Crippen LogP) is 5.96. The van der Waals surface area contributed by atoms with Gasteiger partial charge >= 0.3 is 0 Å². The molecule has 0 radical (unpaired) electrons. The summed E-state index contributed by atoms with van der Waals surface area (Å²) in [4.78, 5) is 77.3. The van der Waals surface area contributed by atoms with Crippen LogP contribution < -0.4 is 16.0 Å². The lowest BCUT2D eigenvalue weighted by molar-refractivity contribution is -0.145. The number of nitrogens with one attached hydrogen (secondary N) is 3. The molecule has 4 atom stereocenters. The van der Waals surface area contributed by atoms with Gasteiger partial charge in [0.05, 0.1) is 23.8 Å². The van der Waals surface area contributed by atoms with E-state index in [1.54, 1.807) is 12.1 Å². The summed E-state index contributed by atoms with van der Waals surface area (Å²) in [5.74, 6) is -2.36. The van der Waals surface area contributed by atoms with E-state index in [4.69, 9.17) is 16.4 Å². The number of ketones is 1. The Bertz CT molecular complexity index is 1770. The van der Waals surface area contributed by atoms with Gasteiger partial charge in [-0.15, -0.1) is 0 Å². The first-order valence-electron chi connectivity index (χ1n) is 19.6. The average molecular weight is 760 g/mol. The Labute approximate surface area is 323 Å². The lowest BCUT2D eigenvalue weighted by atomic mass is 9.84. The van der Waals surface area contributed by atoms with Gasteiger partial charge in [0, 0.05) is 29.8 Å². The maximum absolute atomic E-state index is 14.7. The fourth-order valence-electron chi connectivity index (χ4n) is 8.27. The summed E-state index contributed by atoms with van der Waals surface area (Å²) in [5.41, 5.74) is 0.0336. The summed E-state index contributed by atoms with van der Waals surface area (Å²) in [6, 6.07) is 13.7. The quantitative estimate of drug-likeness (QED) is 0.215. The van der Waals surface area contributed by atoms with Crippen LogP contribution in [0.15, 0.2) is 59.8 Å². The lowest BCUT2D eigenvalue weighted by Gasteiger charge is -2.36. The number of likely N-dealkylation sites (tertiary alicyclic amines) is 1. The standard InChI is InChI=1S/C42H54ClN5O6/c1-5-13-31(35(50)38(52)46-42(20-21-42)29-17-10-7-11-18-29)44-37(51)33-25-41(24-32(47-54-41)28-16-12-19-30(43)23-28)26-48(33)39(53)36(40(2,3)4)45-34(49)22-27-14-8-6-9-15-27/h7,10-12,16-19,23,27,31,33,36H,5-6,8-9,13-15,20-22,24-26H2,1-4H3,(H,44,51)(H,45,49)(H,46,52)/t31-,33-,36+,41+/m0/s1. The molecule has 12 heteroatoms. The zero-order chi connectivity index (χ0) is 38.7. The van der Waals surface area contributed by atoms with Gasteiger partial charge in [0.25, 0.3) is 5.91 Å². The van der Waals surface area contributed by atoms with Crippen LogP contribution in [0.5, 0.6) is 0 Å². The Morgan fingerprint density at radius 2 is 1.70 bits per heavy atom. The third-order valence-corrected chi connectivity index (χ3v) is 11.7. The van der Waals surface area contributed by atoms with Gasteiger partial charge in [-0.05, 0) is 61.1 Å². The van der Waals surface area contributed by atoms with Gasteiger partial charge < -0.3 is 25.7 Å². The largest absolute Gasteiger partial charge is 0.387 e.